The Morgan fingerprint density at radius 2 is 1.34 bits per heavy atom. The number of nitrogens with zero attached hydrogens (tertiary/aromatic N) is 3. The number of hydrogen-bond donors (Lipinski definition) is 3. The van der Waals surface area contributed by atoms with E-state index in [2.05, 4.69) is 9.80 Å². The summed E-state index contributed by atoms with van der Waals surface area (Å²) in [5.74, 6) is 0.481. The van der Waals surface area contributed by atoms with Crippen molar-refractivity contribution in [2.24, 2.45) is 0 Å². The number of rotatable bonds is 6. The van der Waals surface area contributed by atoms with Crippen LogP contribution < -0.4 is 0 Å². The van der Waals surface area contributed by atoms with Crippen molar-refractivity contribution >= 4 is 16.5 Å². The van der Waals surface area contributed by atoms with Crippen molar-refractivity contribution in [2.45, 2.75) is 19.3 Å². The summed E-state index contributed by atoms with van der Waals surface area (Å²) in [4.78, 5) is 15.2. The van der Waals surface area contributed by atoms with Gasteiger partial charge in [0, 0.05) is 55.0 Å². The molecule has 1 aliphatic rings. The Morgan fingerprint density at radius 1 is 0.771 bits per heavy atom. The number of phenols is 3. The molecule has 8 nitrogen and oxygen atoms in total. The molecule has 0 spiro atoms. The highest BCUT2D eigenvalue weighted by molar-refractivity contribution is 5.90. The lowest BCUT2D eigenvalue weighted by Gasteiger charge is -2.32. The molecule has 8 heteroatoms. The molecule has 178 valence electrons. The van der Waals surface area contributed by atoms with Gasteiger partial charge in [-0.3, -0.25) is 19.9 Å². The Labute approximate surface area is 202 Å². The molecular weight excluding hydrogens is 446 g/mol. The zero-order valence-electron chi connectivity index (χ0n) is 18.9. The van der Waals surface area contributed by atoms with Gasteiger partial charge in [-0.15, -0.1) is 0 Å². The molecule has 1 saturated heterocycles. The topological polar surface area (TPSA) is 110 Å². The summed E-state index contributed by atoms with van der Waals surface area (Å²) < 4.78 is 0. The Balaban J connectivity index is 1.61. The van der Waals surface area contributed by atoms with Gasteiger partial charge in [0.2, 0.25) is 0 Å². The van der Waals surface area contributed by atoms with Crippen LogP contribution in [-0.2, 0) is 13.1 Å². The SMILES string of the molecule is O=[N+]([O-])c1ccc2c(C3N(Cc4ccccc4O)CCN3Cc3ccccc3O)c(O)ccc2c1. The van der Waals surface area contributed by atoms with Crippen LogP contribution in [0.15, 0.2) is 78.9 Å². The summed E-state index contributed by atoms with van der Waals surface area (Å²) >= 11 is 0. The predicted octanol–water partition coefficient (Wildman–Crippen LogP) is 4.88. The molecule has 0 bridgehead atoms. The molecule has 4 aromatic rings. The maximum absolute atomic E-state index is 11.3. The molecule has 1 aliphatic heterocycles. The summed E-state index contributed by atoms with van der Waals surface area (Å²) in [6.45, 7) is 2.21. The van der Waals surface area contributed by atoms with Crippen molar-refractivity contribution in [3.63, 3.8) is 0 Å². The smallest absolute Gasteiger partial charge is 0.270 e. The highest BCUT2D eigenvalue weighted by Crippen LogP contribution is 2.42. The zero-order valence-corrected chi connectivity index (χ0v) is 18.9. The quantitative estimate of drug-likeness (QED) is 0.271. The fourth-order valence-corrected chi connectivity index (χ4v) is 4.87. The molecule has 0 atom stereocenters. The summed E-state index contributed by atoms with van der Waals surface area (Å²) in [5, 5.41) is 44.5. The van der Waals surface area contributed by atoms with Gasteiger partial charge in [0.1, 0.15) is 17.2 Å². The molecule has 1 heterocycles. The van der Waals surface area contributed by atoms with Gasteiger partial charge in [-0.1, -0.05) is 42.5 Å². The van der Waals surface area contributed by atoms with Gasteiger partial charge in [-0.25, -0.2) is 0 Å². The van der Waals surface area contributed by atoms with Crippen LogP contribution in [0.25, 0.3) is 10.8 Å². The van der Waals surface area contributed by atoms with E-state index in [1.807, 2.05) is 24.3 Å². The van der Waals surface area contributed by atoms with Crippen molar-refractivity contribution in [2.75, 3.05) is 13.1 Å². The van der Waals surface area contributed by atoms with E-state index in [4.69, 9.17) is 0 Å². The molecule has 3 N–H and O–H groups in total. The molecule has 1 fully saturated rings. The first kappa shape index (κ1) is 22.6. The first-order valence-corrected chi connectivity index (χ1v) is 11.3. The van der Waals surface area contributed by atoms with Crippen LogP contribution in [0.3, 0.4) is 0 Å². The van der Waals surface area contributed by atoms with Gasteiger partial charge < -0.3 is 15.3 Å². The number of non-ortho nitro benzene ring substituents is 1. The molecule has 0 unspecified atom stereocenters. The average molecular weight is 472 g/mol. The molecule has 0 aromatic heterocycles. The third-order valence-corrected chi connectivity index (χ3v) is 6.59. The number of nitro benzene ring substituents is 1. The van der Waals surface area contributed by atoms with E-state index < -0.39 is 4.92 Å². The summed E-state index contributed by atoms with van der Waals surface area (Å²) in [6, 6.07) is 22.2. The molecule has 0 radical (unpaired) electrons. The number of aromatic hydroxyl groups is 3. The minimum atomic E-state index is -0.434. The summed E-state index contributed by atoms with van der Waals surface area (Å²) in [5.41, 5.74) is 2.15. The highest BCUT2D eigenvalue weighted by Gasteiger charge is 2.36. The van der Waals surface area contributed by atoms with E-state index >= 15 is 0 Å². The van der Waals surface area contributed by atoms with E-state index in [1.165, 1.54) is 12.1 Å². The highest BCUT2D eigenvalue weighted by atomic mass is 16.6. The van der Waals surface area contributed by atoms with Gasteiger partial charge in [-0.05, 0) is 35.0 Å². The molecule has 0 saturated carbocycles. The van der Waals surface area contributed by atoms with Crippen LogP contribution in [0.2, 0.25) is 0 Å². The minimum Gasteiger partial charge on any atom is -0.508 e. The zero-order chi connectivity index (χ0) is 24.5. The standard InChI is InChI=1S/C27H25N3O5/c31-23-7-3-1-5-19(23)16-28-13-14-29(17-20-6-2-4-8-24(20)32)27(28)26-22-11-10-21(30(34)35)15-18(22)9-12-25(26)33/h1-12,15,27,31-33H,13-14,16-17H2. The Morgan fingerprint density at radius 3 is 1.89 bits per heavy atom. The summed E-state index contributed by atoms with van der Waals surface area (Å²) in [7, 11) is 0. The van der Waals surface area contributed by atoms with Crippen LogP contribution in [-0.4, -0.2) is 43.1 Å². The normalized spacial score (nSPS) is 15.1. The number of hydrogen-bond acceptors (Lipinski definition) is 7. The van der Waals surface area contributed by atoms with Crippen molar-refractivity contribution in [1.82, 2.24) is 9.80 Å². The van der Waals surface area contributed by atoms with Gasteiger partial charge in [0.25, 0.3) is 5.69 Å². The number of fused-ring (bicyclic) bond motifs is 1. The fourth-order valence-electron chi connectivity index (χ4n) is 4.87. The number of phenolic OH excluding ortho intramolecular Hbond substituents is 3. The first-order chi connectivity index (χ1) is 16.9. The van der Waals surface area contributed by atoms with Crippen LogP contribution in [0.5, 0.6) is 17.2 Å². The van der Waals surface area contributed by atoms with E-state index in [0.29, 0.717) is 42.5 Å². The van der Waals surface area contributed by atoms with E-state index in [-0.39, 0.29) is 29.1 Å². The second-order valence-corrected chi connectivity index (χ2v) is 8.73. The molecule has 5 rings (SSSR count). The lowest BCUT2D eigenvalue weighted by molar-refractivity contribution is -0.384. The van der Waals surface area contributed by atoms with Crippen LogP contribution in [0.4, 0.5) is 5.69 Å². The fraction of sp³-hybridized carbons (Fsp3) is 0.185. The van der Waals surface area contributed by atoms with Crippen LogP contribution in [0, 0.1) is 10.1 Å². The van der Waals surface area contributed by atoms with Gasteiger partial charge in [-0.2, -0.15) is 0 Å². The Bertz CT molecular complexity index is 1350. The van der Waals surface area contributed by atoms with Crippen molar-refractivity contribution in [1.29, 1.82) is 0 Å². The largest absolute Gasteiger partial charge is 0.508 e. The first-order valence-electron chi connectivity index (χ1n) is 11.3. The molecule has 0 amide bonds. The van der Waals surface area contributed by atoms with E-state index in [1.54, 1.807) is 42.5 Å². The van der Waals surface area contributed by atoms with Gasteiger partial charge >= 0.3 is 0 Å². The number of nitro groups is 1. The van der Waals surface area contributed by atoms with Gasteiger partial charge in [0.05, 0.1) is 11.1 Å². The van der Waals surface area contributed by atoms with Crippen molar-refractivity contribution in [3.8, 4) is 17.2 Å². The van der Waals surface area contributed by atoms with Crippen LogP contribution in [0.1, 0.15) is 22.9 Å². The van der Waals surface area contributed by atoms with E-state index in [9.17, 15) is 25.4 Å². The van der Waals surface area contributed by atoms with E-state index in [0.717, 1.165) is 11.1 Å². The van der Waals surface area contributed by atoms with Gasteiger partial charge in [0.15, 0.2) is 0 Å². The Kier molecular flexibility index (Phi) is 5.98. The van der Waals surface area contributed by atoms with Crippen molar-refractivity contribution < 1.29 is 20.2 Å². The maximum Gasteiger partial charge on any atom is 0.270 e. The summed E-state index contributed by atoms with van der Waals surface area (Å²) in [6.07, 6.45) is -0.389. The van der Waals surface area contributed by atoms with Crippen LogP contribution >= 0.6 is 0 Å². The second-order valence-electron chi connectivity index (χ2n) is 8.73. The Hall–Kier alpha value is -4.14. The average Bonchev–Trinajstić information content (AvgIpc) is 3.23. The molecule has 4 aromatic carbocycles. The molecular formula is C27H25N3O5. The predicted molar refractivity (Wildman–Crippen MR) is 132 cm³/mol. The number of para-hydroxylation sites is 2. The van der Waals surface area contributed by atoms with Crippen molar-refractivity contribution in [3.05, 3.63) is 106 Å². The molecule has 0 aliphatic carbocycles. The second kappa shape index (κ2) is 9.25. The minimum absolute atomic E-state index is 0.0160. The number of benzene rings is 4. The monoisotopic (exact) mass is 471 g/mol. The lowest BCUT2D eigenvalue weighted by Crippen LogP contribution is -2.31. The lowest BCUT2D eigenvalue weighted by atomic mass is 9.99. The third-order valence-electron chi connectivity index (χ3n) is 6.59. The maximum atomic E-state index is 11.3. The third kappa shape index (κ3) is 4.37. The molecule has 35 heavy (non-hydrogen) atoms.